The number of carboxylic acid groups (broad SMARTS) is 1. The van der Waals surface area contributed by atoms with Crippen molar-refractivity contribution >= 4 is 17.7 Å². The summed E-state index contributed by atoms with van der Waals surface area (Å²) in [4.78, 5) is 11.1. The van der Waals surface area contributed by atoms with Crippen LogP contribution in [0.25, 0.3) is 0 Å². The molecule has 144 valence electrons. The topological polar surface area (TPSA) is 67.8 Å². The number of ether oxygens (including phenoxy) is 2. The summed E-state index contributed by atoms with van der Waals surface area (Å²) in [5.74, 6) is 2.11. The molecule has 2 unspecified atom stereocenters. The Balaban J connectivity index is 1.77. The lowest BCUT2D eigenvalue weighted by molar-refractivity contribution is -0.138. The lowest BCUT2D eigenvalue weighted by Gasteiger charge is -2.23. The van der Waals surface area contributed by atoms with Crippen LogP contribution >= 0.6 is 11.8 Å². The van der Waals surface area contributed by atoms with Crippen molar-refractivity contribution in [2.24, 2.45) is 0 Å². The first-order valence-electron chi connectivity index (χ1n) is 8.85. The lowest BCUT2D eigenvalue weighted by Crippen LogP contribution is -2.33. The molecule has 0 amide bonds. The van der Waals surface area contributed by atoms with Crippen molar-refractivity contribution in [3.05, 3.63) is 53.6 Å². The van der Waals surface area contributed by atoms with Gasteiger partial charge in [0.2, 0.25) is 0 Å². The number of carbonyl (C=O) groups is 1. The van der Waals surface area contributed by atoms with E-state index in [2.05, 4.69) is 26.1 Å². The summed E-state index contributed by atoms with van der Waals surface area (Å²) in [5, 5.41) is 12.2. The van der Waals surface area contributed by atoms with E-state index in [1.807, 2.05) is 42.5 Å². The molecule has 1 saturated heterocycles. The molecular weight excluding hydrogens is 362 g/mol. The Bertz CT molecular complexity index is 814. The summed E-state index contributed by atoms with van der Waals surface area (Å²) in [6, 6.07) is 13.1. The normalized spacial score (nSPS) is 19.7. The number of rotatable bonds is 5. The van der Waals surface area contributed by atoms with Crippen LogP contribution in [0.3, 0.4) is 0 Å². The van der Waals surface area contributed by atoms with Crippen molar-refractivity contribution in [2.45, 2.75) is 37.6 Å². The van der Waals surface area contributed by atoms with Gasteiger partial charge in [-0.1, -0.05) is 32.9 Å². The maximum Gasteiger partial charge on any atom is 0.321 e. The number of hydrogen-bond donors (Lipinski definition) is 2. The highest BCUT2D eigenvalue weighted by molar-refractivity contribution is 7.99. The molecule has 2 N–H and O–H groups in total. The first-order chi connectivity index (χ1) is 12.8. The second-order valence-corrected chi connectivity index (χ2v) is 8.69. The number of methoxy groups -OCH3 is 1. The molecule has 0 saturated carbocycles. The van der Waals surface area contributed by atoms with Gasteiger partial charge in [0.05, 0.1) is 12.5 Å². The molecule has 0 spiro atoms. The van der Waals surface area contributed by atoms with Gasteiger partial charge >= 0.3 is 5.97 Å². The highest BCUT2D eigenvalue weighted by Crippen LogP contribution is 2.38. The van der Waals surface area contributed by atoms with E-state index in [-0.39, 0.29) is 10.8 Å². The molecule has 2 atom stereocenters. The first-order valence-corrected chi connectivity index (χ1v) is 9.89. The second kappa shape index (κ2) is 7.82. The zero-order valence-corrected chi connectivity index (χ0v) is 16.8. The van der Waals surface area contributed by atoms with E-state index in [0.29, 0.717) is 5.75 Å². The Labute approximate surface area is 164 Å². The molecule has 1 aliphatic rings. The monoisotopic (exact) mass is 387 g/mol. The fourth-order valence-electron chi connectivity index (χ4n) is 2.96. The summed E-state index contributed by atoms with van der Waals surface area (Å²) in [6.45, 7) is 6.42. The van der Waals surface area contributed by atoms with Gasteiger partial charge in [0, 0.05) is 11.3 Å². The molecule has 2 aromatic rings. The predicted octanol–water partition coefficient (Wildman–Crippen LogP) is 4.57. The summed E-state index contributed by atoms with van der Waals surface area (Å²) in [7, 11) is 1.66. The third-order valence-corrected chi connectivity index (χ3v) is 5.75. The Morgan fingerprint density at radius 3 is 2.37 bits per heavy atom. The van der Waals surface area contributed by atoms with Crippen molar-refractivity contribution < 1.29 is 19.4 Å². The van der Waals surface area contributed by atoms with Gasteiger partial charge in [-0.2, -0.15) is 0 Å². The number of nitrogens with one attached hydrogen (secondary N) is 1. The summed E-state index contributed by atoms with van der Waals surface area (Å²) in [5.41, 5.74) is 2.03. The molecule has 6 heteroatoms. The highest BCUT2D eigenvalue weighted by Gasteiger charge is 2.30. The van der Waals surface area contributed by atoms with Crippen molar-refractivity contribution in [3.8, 4) is 17.2 Å². The fraction of sp³-hybridized carbons (Fsp3) is 0.381. The van der Waals surface area contributed by atoms with Gasteiger partial charge in [-0.15, -0.1) is 11.8 Å². The van der Waals surface area contributed by atoms with E-state index in [4.69, 9.17) is 14.6 Å². The maximum atomic E-state index is 11.1. The minimum atomic E-state index is -0.806. The SMILES string of the molecule is COc1ccc(Oc2ccc(C3NC(C(=O)O)CS3)cc2)c(C(C)(C)C)c1. The third kappa shape index (κ3) is 4.57. The molecule has 0 bridgehead atoms. The minimum Gasteiger partial charge on any atom is -0.497 e. The smallest absolute Gasteiger partial charge is 0.321 e. The predicted molar refractivity (Wildman–Crippen MR) is 108 cm³/mol. The quantitative estimate of drug-likeness (QED) is 0.783. The van der Waals surface area contributed by atoms with E-state index in [1.54, 1.807) is 18.9 Å². The van der Waals surface area contributed by atoms with Crippen LogP contribution in [0.5, 0.6) is 17.2 Å². The Morgan fingerprint density at radius 2 is 1.81 bits per heavy atom. The largest absolute Gasteiger partial charge is 0.497 e. The third-order valence-electron chi connectivity index (χ3n) is 4.49. The molecule has 2 aromatic carbocycles. The van der Waals surface area contributed by atoms with Crippen LogP contribution in [0.1, 0.15) is 37.3 Å². The first kappa shape index (κ1) is 19.6. The van der Waals surface area contributed by atoms with Crippen LogP contribution in [0.4, 0.5) is 0 Å². The van der Waals surface area contributed by atoms with Crippen molar-refractivity contribution in [2.75, 3.05) is 12.9 Å². The van der Waals surface area contributed by atoms with Crippen molar-refractivity contribution in [1.29, 1.82) is 0 Å². The van der Waals surface area contributed by atoms with Gasteiger partial charge in [-0.3, -0.25) is 10.1 Å². The molecule has 0 aliphatic carbocycles. The molecule has 27 heavy (non-hydrogen) atoms. The standard InChI is InChI=1S/C21H25NO4S/c1-21(2,3)16-11-15(25-4)9-10-18(16)26-14-7-5-13(6-8-14)19-22-17(12-27-19)20(23)24/h5-11,17,19,22H,12H2,1-4H3,(H,23,24). The van der Waals surface area contributed by atoms with Gasteiger partial charge in [0.1, 0.15) is 23.3 Å². The number of thioether (sulfide) groups is 1. The van der Waals surface area contributed by atoms with E-state index < -0.39 is 12.0 Å². The summed E-state index contributed by atoms with van der Waals surface area (Å²) in [6.07, 6.45) is 0. The van der Waals surface area contributed by atoms with Gasteiger partial charge < -0.3 is 14.6 Å². The van der Waals surface area contributed by atoms with Crippen molar-refractivity contribution in [3.63, 3.8) is 0 Å². The Hall–Kier alpha value is -2.18. The summed E-state index contributed by atoms with van der Waals surface area (Å²) < 4.78 is 11.5. The maximum absolute atomic E-state index is 11.1. The van der Waals surface area contributed by atoms with E-state index in [0.717, 1.165) is 28.4 Å². The summed E-state index contributed by atoms with van der Waals surface area (Å²) >= 11 is 1.60. The molecule has 1 heterocycles. The van der Waals surface area contributed by atoms with Crippen molar-refractivity contribution in [1.82, 2.24) is 5.32 Å². The van der Waals surface area contributed by atoms with E-state index in [1.165, 1.54) is 0 Å². The number of benzene rings is 2. The molecule has 1 fully saturated rings. The number of carboxylic acids is 1. The van der Waals surface area contributed by atoms with Crippen LogP contribution < -0.4 is 14.8 Å². The van der Waals surface area contributed by atoms with Gasteiger partial charge in [0.15, 0.2) is 0 Å². The average Bonchev–Trinajstić information content (AvgIpc) is 3.12. The number of hydrogen-bond acceptors (Lipinski definition) is 5. The van der Waals surface area contributed by atoms with Crippen LogP contribution in [-0.2, 0) is 10.2 Å². The second-order valence-electron chi connectivity index (χ2n) is 7.55. The lowest BCUT2D eigenvalue weighted by atomic mass is 9.86. The van der Waals surface area contributed by atoms with Crippen LogP contribution in [0, 0.1) is 0 Å². The van der Waals surface area contributed by atoms with E-state index in [9.17, 15) is 4.79 Å². The zero-order valence-electron chi connectivity index (χ0n) is 16.0. The molecule has 1 aliphatic heterocycles. The Morgan fingerprint density at radius 1 is 1.15 bits per heavy atom. The highest BCUT2D eigenvalue weighted by atomic mass is 32.2. The molecule has 3 rings (SSSR count). The van der Waals surface area contributed by atoms with Gasteiger partial charge in [0.25, 0.3) is 0 Å². The van der Waals surface area contributed by atoms with Gasteiger partial charge in [-0.05, 0) is 41.3 Å². The van der Waals surface area contributed by atoms with Crippen LogP contribution in [-0.4, -0.2) is 30.0 Å². The van der Waals surface area contributed by atoms with Crippen LogP contribution in [0.15, 0.2) is 42.5 Å². The van der Waals surface area contributed by atoms with Crippen LogP contribution in [0.2, 0.25) is 0 Å². The number of aliphatic carboxylic acids is 1. The fourth-order valence-corrected chi connectivity index (χ4v) is 4.19. The molecular formula is C21H25NO4S. The van der Waals surface area contributed by atoms with Gasteiger partial charge in [-0.25, -0.2) is 0 Å². The zero-order chi connectivity index (χ0) is 19.6. The molecule has 5 nitrogen and oxygen atoms in total. The molecule has 0 aromatic heterocycles. The Kier molecular flexibility index (Phi) is 5.67. The van der Waals surface area contributed by atoms with E-state index >= 15 is 0 Å². The molecule has 0 radical (unpaired) electrons. The minimum absolute atomic E-state index is 0.00808. The average molecular weight is 388 g/mol.